The van der Waals surface area contributed by atoms with Gasteiger partial charge in [-0.15, -0.1) is 0 Å². The summed E-state index contributed by atoms with van der Waals surface area (Å²) in [4.78, 5) is 4.71. The third-order valence-corrected chi connectivity index (χ3v) is 3.95. The van der Waals surface area contributed by atoms with Crippen molar-refractivity contribution in [1.29, 1.82) is 0 Å². The molecule has 1 aliphatic rings. The minimum Gasteiger partial charge on any atom is -0.379 e. The Kier molecular flexibility index (Phi) is 9.08. The Balaban J connectivity index is 1.83. The van der Waals surface area contributed by atoms with Crippen LogP contribution in [0.4, 0.5) is 0 Å². The fraction of sp³-hybridized carbons (Fsp3) is 0.550. The molecule has 0 spiro atoms. The predicted molar refractivity (Wildman–Crippen MR) is 103 cm³/mol. The van der Waals surface area contributed by atoms with Gasteiger partial charge in [0, 0.05) is 19.2 Å². The van der Waals surface area contributed by atoms with E-state index in [2.05, 4.69) is 54.0 Å². The van der Waals surface area contributed by atoms with E-state index in [9.17, 15) is 0 Å². The highest BCUT2D eigenvalue weighted by Gasteiger charge is 2.11. The first-order valence-corrected chi connectivity index (χ1v) is 9.25. The molecule has 0 heterocycles. The van der Waals surface area contributed by atoms with Crippen molar-refractivity contribution in [2.45, 2.75) is 45.9 Å². The summed E-state index contributed by atoms with van der Waals surface area (Å²) < 4.78 is 10.9. The molecule has 0 amide bonds. The smallest absolute Gasteiger partial charge is 0.191 e. The molecule has 0 aliphatic heterocycles. The molecule has 0 unspecified atom stereocenters. The summed E-state index contributed by atoms with van der Waals surface area (Å²) in [5.41, 5.74) is 2.36. The molecule has 0 saturated carbocycles. The van der Waals surface area contributed by atoms with Gasteiger partial charge in [-0.25, -0.2) is 4.99 Å². The number of rotatable bonds is 10. The maximum absolute atomic E-state index is 5.64. The van der Waals surface area contributed by atoms with Gasteiger partial charge in [-0.05, 0) is 37.8 Å². The van der Waals surface area contributed by atoms with Crippen molar-refractivity contribution in [3.63, 3.8) is 0 Å². The molecule has 2 N–H and O–H groups in total. The normalized spacial score (nSPS) is 14.9. The van der Waals surface area contributed by atoms with Crippen molar-refractivity contribution in [1.82, 2.24) is 10.6 Å². The third kappa shape index (κ3) is 7.71. The largest absolute Gasteiger partial charge is 0.379 e. The van der Waals surface area contributed by atoms with Crippen molar-refractivity contribution in [2.24, 2.45) is 4.99 Å². The van der Waals surface area contributed by atoms with Gasteiger partial charge in [-0.1, -0.05) is 36.4 Å². The van der Waals surface area contributed by atoms with Gasteiger partial charge >= 0.3 is 0 Å². The van der Waals surface area contributed by atoms with Crippen LogP contribution in [0.1, 0.15) is 37.8 Å². The highest BCUT2D eigenvalue weighted by Crippen LogP contribution is 2.10. The lowest BCUT2D eigenvalue weighted by Crippen LogP contribution is -2.42. The van der Waals surface area contributed by atoms with Gasteiger partial charge in [-0.2, -0.15) is 0 Å². The molecule has 1 aromatic carbocycles. The molecule has 0 bridgehead atoms. The van der Waals surface area contributed by atoms with Gasteiger partial charge in [0.05, 0.1) is 26.4 Å². The summed E-state index contributed by atoms with van der Waals surface area (Å²) in [5.74, 6) is 0.884. The van der Waals surface area contributed by atoms with E-state index in [1.165, 1.54) is 11.1 Å². The van der Waals surface area contributed by atoms with Crippen LogP contribution in [0, 0.1) is 0 Å². The molecular weight excluding hydrogens is 314 g/mol. The number of guanidine groups is 1. The van der Waals surface area contributed by atoms with E-state index in [0.717, 1.165) is 32.0 Å². The summed E-state index contributed by atoms with van der Waals surface area (Å²) in [7, 11) is 0. The highest BCUT2D eigenvalue weighted by molar-refractivity contribution is 5.80. The van der Waals surface area contributed by atoms with Gasteiger partial charge in [0.2, 0.25) is 0 Å². The summed E-state index contributed by atoms with van der Waals surface area (Å²) in [5, 5.41) is 6.81. The van der Waals surface area contributed by atoms with Crippen molar-refractivity contribution in [3.8, 4) is 0 Å². The Bertz CT molecular complexity index is 550. The molecule has 0 aromatic heterocycles. The Morgan fingerprint density at radius 1 is 1.12 bits per heavy atom. The lowest BCUT2D eigenvalue weighted by molar-refractivity contribution is 0.0453. The van der Waals surface area contributed by atoms with Crippen LogP contribution in [-0.4, -0.2) is 38.4 Å². The molecular formula is C20H31N3O2. The number of ether oxygens (including phenoxy) is 2. The number of hydrogen-bond donors (Lipinski definition) is 2. The lowest BCUT2D eigenvalue weighted by atomic mass is 10.1. The Hall–Kier alpha value is -1.85. The monoisotopic (exact) mass is 345 g/mol. The third-order valence-electron chi connectivity index (χ3n) is 3.95. The molecule has 1 aromatic rings. The van der Waals surface area contributed by atoms with Crippen molar-refractivity contribution < 1.29 is 9.47 Å². The molecule has 5 nitrogen and oxygen atoms in total. The van der Waals surface area contributed by atoms with E-state index in [1.807, 2.05) is 6.92 Å². The summed E-state index contributed by atoms with van der Waals surface area (Å²) >= 11 is 0. The number of nitrogens with one attached hydrogen (secondary N) is 2. The zero-order valence-corrected chi connectivity index (χ0v) is 15.5. The number of hydrogen-bond acceptors (Lipinski definition) is 3. The molecule has 0 radical (unpaired) electrons. The quantitative estimate of drug-likeness (QED) is 0.296. The van der Waals surface area contributed by atoms with Gasteiger partial charge in [-0.3, -0.25) is 0 Å². The van der Waals surface area contributed by atoms with Crippen LogP contribution in [0.25, 0.3) is 0 Å². The Morgan fingerprint density at radius 2 is 1.88 bits per heavy atom. The first-order valence-electron chi connectivity index (χ1n) is 9.25. The maximum Gasteiger partial charge on any atom is 0.191 e. The minimum absolute atomic E-state index is 0.461. The Labute approximate surface area is 151 Å². The summed E-state index contributed by atoms with van der Waals surface area (Å²) in [6.45, 7) is 8.21. The van der Waals surface area contributed by atoms with Crippen LogP contribution in [0.2, 0.25) is 0 Å². The molecule has 1 aliphatic carbocycles. The van der Waals surface area contributed by atoms with E-state index < -0.39 is 0 Å². The van der Waals surface area contributed by atoms with Crippen molar-refractivity contribution in [2.75, 3.05) is 26.4 Å². The first kappa shape index (κ1) is 19.5. The molecule has 0 saturated heterocycles. The topological polar surface area (TPSA) is 54.9 Å². The first-order chi connectivity index (χ1) is 12.3. The molecule has 0 atom stereocenters. The van der Waals surface area contributed by atoms with E-state index in [0.29, 0.717) is 32.4 Å². The molecule has 5 heteroatoms. The fourth-order valence-electron chi connectivity index (χ4n) is 2.69. The van der Waals surface area contributed by atoms with Crippen LogP contribution in [-0.2, 0) is 22.6 Å². The average Bonchev–Trinajstić information content (AvgIpc) is 3.13. The van der Waals surface area contributed by atoms with Gasteiger partial charge in [0.1, 0.15) is 0 Å². The maximum atomic E-state index is 5.64. The standard InChI is InChI=1S/C20H31N3O2/c1-3-21-20(23-19-10-5-6-11-19)22-15-17-8-7-9-18(14-17)16-25-13-12-24-4-2/h5-9,14,19H,3-4,10-13,15-16H2,1-2H3,(H2,21,22,23). The highest BCUT2D eigenvalue weighted by atomic mass is 16.5. The molecule has 138 valence electrons. The molecule has 0 fully saturated rings. The van der Waals surface area contributed by atoms with Crippen LogP contribution in [0.5, 0.6) is 0 Å². The van der Waals surface area contributed by atoms with Crippen molar-refractivity contribution >= 4 is 5.96 Å². The van der Waals surface area contributed by atoms with E-state index in [-0.39, 0.29) is 0 Å². The summed E-state index contributed by atoms with van der Waals surface area (Å²) in [6.07, 6.45) is 6.57. The van der Waals surface area contributed by atoms with Crippen LogP contribution < -0.4 is 10.6 Å². The number of aliphatic imine (C=N–C) groups is 1. The van der Waals surface area contributed by atoms with Crippen molar-refractivity contribution in [3.05, 3.63) is 47.5 Å². The Morgan fingerprint density at radius 3 is 2.64 bits per heavy atom. The van der Waals surface area contributed by atoms with Crippen LogP contribution >= 0.6 is 0 Å². The predicted octanol–water partition coefficient (Wildman–Crippen LogP) is 3.01. The van der Waals surface area contributed by atoms with Crippen LogP contribution in [0.3, 0.4) is 0 Å². The molecule has 25 heavy (non-hydrogen) atoms. The zero-order valence-electron chi connectivity index (χ0n) is 15.5. The second-order valence-corrected chi connectivity index (χ2v) is 6.05. The van der Waals surface area contributed by atoms with E-state index in [1.54, 1.807) is 0 Å². The number of nitrogens with zero attached hydrogens (tertiary/aromatic N) is 1. The van der Waals surface area contributed by atoms with Gasteiger partial charge in [0.25, 0.3) is 0 Å². The number of benzene rings is 1. The second-order valence-electron chi connectivity index (χ2n) is 6.05. The van der Waals surface area contributed by atoms with E-state index in [4.69, 9.17) is 14.5 Å². The van der Waals surface area contributed by atoms with Gasteiger partial charge in [0.15, 0.2) is 5.96 Å². The fourth-order valence-corrected chi connectivity index (χ4v) is 2.69. The molecule has 2 rings (SSSR count). The lowest BCUT2D eigenvalue weighted by Gasteiger charge is -2.16. The zero-order chi connectivity index (χ0) is 17.7. The SMILES string of the molecule is CCNC(=NCc1cccc(COCCOCC)c1)NC1CC=CC1. The second kappa shape index (κ2) is 11.7. The van der Waals surface area contributed by atoms with Crippen LogP contribution in [0.15, 0.2) is 41.4 Å². The summed E-state index contributed by atoms with van der Waals surface area (Å²) in [6, 6.07) is 8.87. The van der Waals surface area contributed by atoms with E-state index >= 15 is 0 Å². The average molecular weight is 345 g/mol. The minimum atomic E-state index is 0.461. The van der Waals surface area contributed by atoms with Gasteiger partial charge < -0.3 is 20.1 Å².